The number of piperidine rings is 1. The molecule has 0 bridgehead atoms. The maximum Gasteiger partial charge on any atom is 0.416 e. The number of alkyl halides is 3. The molecule has 5 nitrogen and oxygen atoms in total. The minimum Gasteiger partial charge on any atom is -0.347 e. The van der Waals surface area contributed by atoms with Crippen molar-refractivity contribution in [3.63, 3.8) is 0 Å². The Morgan fingerprint density at radius 3 is 2.21 bits per heavy atom. The van der Waals surface area contributed by atoms with Crippen LogP contribution < -0.4 is 5.32 Å². The second kappa shape index (κ2) is 10.1. The molecule has 2 saturated heterocycles. The number of carbonyl (C=O) groups excluding carboxylic acids is 2. The van der Waals surface area contributed by atoms with Crippen LogP contribution in [0.1, 0.15) is 33.8 Å². The minimum absolute atomic E-state index is 0.0779. The first kappa shape index (κ1) is 23.5. The summed E-state index contributed by atoms with van der Waals surface area (Å²) in [5, 5.41) is 3.02. The standard InChI is InChI=1S/C24H26F3N3O2S/c25-24(26,27)20-8-6-17(7-9-20)19-14-21(28-22(31)18-4-2-1-3-5-18)16-30(15-19)23(32)29-10-12-33-13-11-29/h1-9,19,21H,10-16H2,(H,28,31). The summed E-state index contributed by atoms with van der Waals surface area (Å²) in [5.74, 6) is 1.37. The lowest BCUT2D eigenvalue weighted by molar-refractivity contribution is -0.137. The van der Waals surface area contributed by atoms with E-state index in [2.05, 4.69) is 5.32 Å². The van der Waals surface area contributed by atoms with Crippen LogP contribution in [-0.2, 0) is 6.18 Å². The first-order chi connectivity index (χ1) is 15.8. The van der Waals surface area contributed by atoms with Gasteiger partial charge in [0.1, 0.15) is 0 Å². The van der Waals surface area contributed by atoms with Gasteiger partial charge in [0.05, 0.1) is 5.56 Å². The molecule has 2 aliphatic rings. The number of hydrogen-bond acceptors (Lipinski definition) is 3. The van der Waals surface area contributed by atoms with E-state index in [1.807, 2.05) is 22.7 Å². The summed E-state index contributed by atoms with van der Waals surface area (Å²) in [6, 6.07) is 13.6. The van der Waals surface area contributed by atoms with Crippen LogP contribution in [0.4, 0.5) is 18.0 Å². The van der Waals surface area contributed by atoms with Gasteiger partial charge in [0.2, 0.25) is 0 Å². The second-order valence-corrected chi connectivity index (χ2v) is 9.60. The highest BCUT2D eigenvalue weighted by Crippen LogP contribution is 2.33. The summed E-state index contributed by atoms with van der Waals surface area (Å²) in [4.78, 5) is 29.5. The zero-order valence-electron chi connectivity index (χ0n) is 18.1. The SMILES string of the molecule is O=C(NC1CC(c2ccc(C(F)(F)F)cc2)CN(C(=O)N2CCSCC2)C1)c1ccccc1. The largest absolute Gasteiger partial charge is 0.416 e. The molecule has 0 aromatic heterocycles. The Morgan fingerprint density at radius 1 is 0.909 bits per heavy atom. The molecule has 176 valence electrons. The van der Waals surface area contributed by atoms with Gasteiger partial charge in [-0.15, -0.1) is 0 Å². The van der Waals surface area contributed by atoms with Crippen molar-refractivity contribution >= 4 is 23.7 Å². The van der Waals surface area contributed by atoms with E-state index in [9.17, 15) is 22.8 Å². The predicted molar refractivity (Wildman–Crippen MR) is 122 cm³/mol. The van der Waals surface area contributed by atoms with Crippen molar-refractivity contribution in [1.82, 2.24) is 15.1 Å². The topological polar surface area (TPSA) is 52.7 Å². The van der Waals surface area contributed by atoms with E-state index in [4.69, 9.17) is 0 Å². The third-order valence-corrected chi connectivity index (χ3v) is 7.03. The number of urea groups is 1. The number of rotatable bonds is 3. The fourth-order valence-electron chi connectivity index (χ4n) is 4.36. The van der Waals surface area contributed by atoms with Gasteiger partial charge in [0, 0.05) is 55.2 Å². The van der Waals surface area contributed by atoms with E-state index in [0.29, 0.717) is 38.2 Å². The molecule has 2 heterocycles. The highest BCUT2D eigenvalue weighted by Gasteiger charge is 2.35. The molecular weight excluding hydrogens is 451 g/mol. The summed E-state index contributed by atoms with van der Waals surface area (Å²) < 4.78 is 39.0. The van der Waals surface area contributed by atoms with Crippen LogP contribution in [-0.4, -0.2) is 65.5 Å². The van der Waals surface area contributed by atoms with Crippen LogP contribution in [0.5, 0.6) is 0 Å². The molecule has 9 heteroatoms. The van der Waals surface area contributed by atoms with Crippen molar-refractivity contribution in [1.29, 1.82) is 0 Å². The number of nitrogens with zero attached hydrogens (tertiary/aromatic N) is 2. The molecule has 0 aliphatic carbocycles. The Balaban J connectivity index is 1.53. The molecule has 3 amide bonds. The fraction of sp³-hybridized carbons (Fsp3) is 0.417. The smallest absolute Gasteiger partial charge is 0.347 e. The average molecular weight is 478 g/mol. The summed E-state index contributed by atoms with van der Waals surface area (Å²) in [6.07, 6.45) is -3.85. The molecule has 1 N–H and O–H groups in total. The lowest BCUT2D eigenvalue weighted by Gasteiger charge is -2.41. The van der Waals surface area contributed by atoms with Gasteiger partial charge in [0.15, 0.2) is 0 Å². The normalized spacial score (nSPS) is 21.5. The molecule has 0 radical (unpaired) electrons. The van der Waals surface area contributed by atoms with Crippen LogP contribution in [0.2, 0.25) is 0 Å². The molecule has 2 unspecified atom stereocenters. The monoisotopic (exact) mass is 477 g/mol. The lowest BCUT2D eigenvalue weighted by atomic mass is 9.87. The summed E-state index contributed by atoms with van der Waals surface area (Å²) in [6.45, 7) is 2.13. The quantitative estimate of drug-likeness (QED) is 0.710. The zero-order valence-corrected chi connectivity index (χ0v) is 18.9. The Kier molecular flexibility index (Phi) is 7.17. The van der Waals surface area contributed by atoms with Crippen LogP contribution >= 0.6 is 11.8 Å². The lowest BCUT2D eigenvalue weighted by Crippen LogP contribution is -2.56. The van der Waals surface area contributed by atoms with Gasteiger partial charge in [-0.05, 0) is 36.2 Å². The second-order valence-electron chi connectivity index (χ2n) is 8.38. The Labute approximate surface area is 195 Å². The maximum absolute atomic E-state index is 13.2. The minimum atomic E-state index is -4.40. The summed E-state index contributed by atoms with van der Waals surface area (Å²) in [7, 11) is 0. The molecule has 0 spiro atoms. The molecule has 2 aromatic carbocycles. The van der Waals surface area contributed by atoms with E-state index in [1.54, 1.807) is 29.2 Å². The maximum atomic E-state index is 13.2. The highest BCUT2D eigenvalue weighted by atomic mass is 32.2. The van der Waals surface area contributed by atoms with Gasteiger partial charge in [0.25, 0.3) is 5.91 Å². The van der Waals surface area contributed by atoms with Crippen molar-refractivity contribution in [2.45, 2.75) is 24.6 Å². The number of halogens is 3. The van der Waals surface area contributed by atoms with Crippen molar-refractivity contribution < 1.29 is 22.8 Å². The number of hydrogen-bond donors (Lipinski definition) is 1. The molecule has 33 heavy (non-hydrogen) atoms. The Hall–Kier alpha value is -2.68. The van der Waals surface area contributed by atoms with Crippen LogP contribution in [0.3, 0.4) is 0 Å². The molecule has 2 atom stereocenters. The third kappa shape index (κ3) is 5.82. The third-order valence-electron chi connectivity index (χ3n) is 6.08. The van der Waals surface area contributed by atoms with Crippen molar-refractivity contribution in [2.75, 3.05) is 37.7 Å². The Bertz CT molecular complexity index is 963. The van der Waals surface area contributed by atoms with Gasteiger partial charge in [-0.1, -0.05) is 30.3 Å². The molecule has 2 aliphatic heterocycles. The average Bonchev–Trinajstić information content (AvgIpc) is 2.84. The molecule has 0 saturated carbocycles. The van der Waals surface area contributed by atoms with Gasteiger partial charge < -0.3 is 15.1 Å². The van der Waals surface area contributed by atoms with Crippen LogP contribution in [0.25, 0.3) is 0 Å². The van der Waals surface area contributed by atoms with E-state index in [-0.39, 0.29) is 23.9 Å². The molecule has 4 rings (SSSR count). The number of benzene rings is 2. The summed E-state index contributed by atoms with van der Waals surface area (Å²) >= 11 is 1.81. The van der Waals surface area contributed by atoms with E-state index < -0.39 is 11.7 Å². The fourth-order valence-corrected chi connectivity index (χ4v) is 5.26. The van der Waals surface area contributed by atoms with E-state index >= 15 is 0 Å². The number of likely N-dealkylation sites (tertiary alicyclic amines) is 1. The molecule has 2 aromatic rings. The van der Waals surface area contributed by atoms with E-state index in [0.717, 1.165) is 29.2 Å². The van der Waals surface area contributed by atoms with Crippen LogP contribution in [0, 0.1) is 0 Å². The Morgan fingerprint density at radius 2 is 1.58 bits per heavy atom. The van der Waals surface area contributed by atoms with Crippen molar-refractivity contribution in [3.05, 3.63) is 71.3 Å². The number of amides is 3. The molecule has 2 fully saturated rings. The zero-order chi connectivity index (χ0) is 23.4. The predicted octanol–water partition coefficient (Wildman–Crippen LogP) is 4.46. The van der Waals surface area contributed by atoms with Gasteiger partial charge >= 0.3 is 12.2 Å². The summed E-state index contributed by atoms with van der Waals surface area (Å²) in [5.41, 5.74) is 0.559. The number of carbonyl (C=O) groups is 2. The first-order valence-electron chi connectivity index (χ1n) is 11.0. The van der Waals surface area contributed by atoms with Crippen molar-refractivity contribution in [2.24, 2.45) is 0 Å². The van der Waals surface area contributed by atoms with Crippen molar-refractivity contribution in [3.8, 4) is 0 Å². The van der Waals surface area contributed by atoms with Gasteiger partial charge in [-0.3, -0.25) is 4.79 Å². The number of nitrogens with one attached hydrogen (secondary N) is 1. The number of thioether (sulfide) groups is 1. The first-order valence-corrected chi connectivity index (χ1v) is 12.1. The van der Waals surface area contributed by atoms with Crippen LogP contribution in [0.15, 0.2) is 54.6 Å². The van der Waals surface area contributed by atoms with Gasteiger partial charge in [-0.2, -0.15) is 24.9 Å². The van der Waals surface area contributed by atoms with Gasteiger partial charge in [-0.25, -0.2) is 4.79 Å². The van der Waals surface area contributed by atoms with E-state index in [1.165, 1.54) is 12.1 Å². The highest BCUT2D eigenvalue weighted by molar-refractivity contribution is 7.99. The molecular formula is C24H26F3N3O2S.